The van der Waals surface area contributed by atoms with Crippen LogP contribution in [0.3, 0.4) is 0 Å². The van der Waals surface area contributed by atoms with Crippen LogP contribution in [0.25, 0.3) is 0 Å². The number of nitrogens with one attached hydrogen (secondary N) is 1. The van der Waals surface area contributed by atoms with Gasteiger partial charge in [0, 0.05) is 45.0 Å². The molecule has 0 unspecified atom stereocenters. The molecule has 92 valence electrons. The molecule has 1 aromatic heterocycles. The molecule has 0 aliphatic rings. The van der Waals surface area contributed by atoms with Crippen LogP contribution >= 0.6 is 0 Å². The molecule has 0 amide bonds. The van der Waals surface area contributed by atoms with Crippen molar-refractivity contribution in [2.75, 3.05) is 33.2 Å². The van der Waals surface area contributed by atoms with E-state index in [2.05, 4.69) is 28.3 Å². The molecule has 16 heavy (non-hydrogen) atoms. The number of nitrogens with zero attached hydrogens (tertiary/aromatic N) is 3. The van der Waals surface area contributed by atoms with Gasteiger partial charge in [-0.3, -0.25) is 4.68 Å². The average molecular weight is 224 g/mol. The molecule has 0 aliphatic heterocycles. The van der Waals surface area contributed by atoms with Gasteiger partial charge >= 0.3 is 0 Å². The molecule has 0 spiro atoms. The van der Waals surface area contributed by atoms with E-state index in [9.17, 15) is 0 Å². The molecular weight excluding hydrogens is 200 g/mol. The van der Waals surface area contributed by atoms with Gasteiger partial charge in [-0.1, -0.05) is 6.92 Å². The van der Waals surface area contributed by atoms with Gasteiger partial charge in [0.25, 0.3) is 0 Å². The standard InChI is InChI=1S/C12H24N4/c1-4-9-16(11-8-13-2)10-6-12-5-7-14-15(12)3/h5,7,13H,4,6,8-11H2,1-3H3. The lowest BCUT2D eigenvalue weighted by atomic mass is 10.2. The van der Waals surface area contributed by atoms with Crippen molar-refractivity contribution >= 4 is 0 Å². The number of hydrogen-bond acceptors (Lipinski definition) is 3. The first-order valence-electron chi connectivity index (χ1n) is 6.11. The Labute approximate surface area is 98.6 Å². The fourth-order valence-corrected chi connectivity index (χ4v) is 1.84. The molecule has 4 nitrogen and oxygen atoms in total. The van der Waals surface area contributed by atoms with Gasteiger partial charge in [0.15, 0.2) is 0 Å². The Balaban J connectivity index is 2.34. The first-order valence-corrected chi connectivity index (χ1v) is 6.11. The molecule has 1 heterocycles. The third kappa shape index (κ3) is 4.33. The van der Waals surface area contributed by atoms with E-state index in [1.807, 2.05) is 25.0 Å². The summed E-state index contributed by atoms with van der Waals surface area (Å²) in [7, 11) is 4.01. The summed E-state index contributed by atoms with van der Waals surface area (Å²) in [4.78, 5) is 2.50. The summed E-state index contributed by atoms with van der Waals surface area (Å²) >= 11 is 0. The molecule has 0 saturated heterocycles. The molecule has 1 aromatic rings. The van der Waals surface area contributed by atoms with Crippen molar-refractivity contribution in [3.8, 4) is 0 Å². The smallest absolute Gasteiger partial charge is 0.0492 e. The Morgan fingerprint density at radius 3 is 2.75 bits per heavy atom. The first kappa shape index (κ1) is 13.2. The highest BCUT2D eigenvalue weighted by atomic mass is 15.3. The summed E-state index contributed by atoms with van der Waals surface area (Å²) in [6.45, 7) is 6.72. The molecule has 0 atom stereocenters. The van der Waals surface area contributed by atoms with E-state index in [0.717, 1.165) is 26.1 Å². The SMILES string of the molecule is CCCN(CCNC)CCc1ccnn1C. The van der Waals surface area contributed by atoms with Crippen LogP contribution in [0.1, 0.15) is 19.0 Å². The first-order chi connectivity index (χ1) is 7.77. The topological polar surface area (TPSA) is 33.1 Å². The highest BCUT2D eigenvalue weighted by molar-refractivity contribution is 5.00. The van der Waals surface area contributed by atoms with Crippen molar-refractivity contribution in [1.82, 2.24) is 20.0 Å². The third-order valence-electron chi connectivity index (χ3n) is 2.82. The van der Waals surface area contributed by atoms with Crippen molar-refractivity contribution in [2.45, 2.75) is 19.8 Å². The summed E-state index contributed by atoms with van der Waals surface area (Å²) in [5, 5.41) is 7.39. The Morgan fingerprint density at radius 2 is 2.19 bits per heavy atom. The summed E-state index contributed by atoms with van der Waals surface area (Å²) in [6.07, 6.45) is 4.17. The van der Waals surface area contributed by atoms with E-state index in [-0.39, 0.29) is 0 Å². The van der Waals surface area contributed by atoms with E-state index in [4.69, 9.17) is 0 Å². The Bertz CT molecular complexity index is 282. The van der Waals surface area contributed by atoms with Crippen LogP contribution in [0.15, 0.2) is 12.3 Å². The van der Waals surface area contributed by atoms with Crippen LogP contribution in [-0.4, -0.2) is 47.9 Å². The van der Waals surface area contributed by atoms with Crippen molar-refractivity contribution < 1.29 is 0 Å². The van der Waals surface area contributed by atoms with Gasteiger partial charge in [-0.25, -0.2) is 0 Å². The van der Waals surface area contributed by atoms with Gasteiger partial charge in [-0.15, -0.1) is 0 Å². The van der Waals surface area contributed by atoms with Gasteiger partial charge in [0.1, 0.15) is 0 Å². The summed E-state index contributed by atoms with van der Waals surface area (Å²) < 4.78 is 1.96. The van der Waals surface area contributed by atoms with Crippen molar-refractivity contribution in [2.24, 2.45) is 7.05 Å². The molecule has 1 N–H and O–H groups in total. The van der Waals surface area contributed by atoms with Gasteiger partial charge in [-0.05, 0) is 26.1 Å². The van der Waals surface area contributed by atoms with Crippen LogP contribution in [0.2, 0.25) is 0 Å². The van der Waals surface area contributed by atoms with Gasteiger partial charge in [0.2, 0.25) is 0 Å². The molecule has 0 saturated carbocycles. The fraction of sp³-hybridized carbons (Fsp3) is 0.750. The number of hydrogen-bond donors (Lipinski definition) is 1. The minimum Gasteiger partial charge on any atom is -0.318 e. The lowest BCUT2D eigenvalue weighted by Crippen LogP contribution is -2.33. The molecule has 1 rings (SSSR count). The zero-order valence-electron chi connectivity index (χ0n) is 10.7. The maximum atomic E-state index is 4.19. The van der Waals surface area contributed by atoms with Crippen LogP contribution in [0.5, 0.6) is 0 Å². The molecule has 0 aromatic carbocycles. The fourth-order valence-electron chi connectivity index (χ4n) is 1.84. The van der Waals surface area contributed by atoms with Crippen LogP contribution in [0, 0.1) is 0 Å². The minimum absolute atomic E-state index is 1.06. The number of likely N-dealkylation sites (N-methyl/N-ethyl adjacent to an activating group) is 1. The highest BCUT2D eigenvalue weighted by Gasteiger charge is 2.05. The Morgan fingerprint density at radius 1 is 1.38 bits per heavy atom. The quantitative estimate of drug-likeness (QED) is 0.712. The summed E-state index contributed by atoms with van der Waals surface area (Å²) in [5.41, 5.74) is 1.31. The van der Waals surface area contributed by atoms with E-state index < -0.39 is 0 Å². The monoisotopic (exact) mass is 224 g/mol. The third-order valence-corrected chi connectivity index (χ3v) is 2.82. The van der Waals surface area contributed by atoms with Crippen molar-refractivity contribution in [3.05, 3.63) is 18.0 Å². The predicted molar refractivity (Wildman–Crippen MR) is 67.6 cm³/mol. The number of rotatable bonds is 8. The Hall–Kier alpha value is -0.870. The maximum Gasteiger partial charge on any atom is 0.0492 e. The minimum atomic E-state index is 1.06. The predicted octanol–water partition coefficient (Wildman–Crippen LogP) is 0.894. The zero-order valence-corrected chi connectivity index (χ0v) is 10.7. The molecule has 0 radical (unpaired) electrons. The Kier molecular flexibility index (Phi) is 6.11. The van der Waals surface area contributed by atoms with Gasteiger partial charge in [-0.2, -0.15) is 5.10 Å². The van der Waals surface area contributed by atoms with E-state index >= 15 is 0 Å². The van der Waals surface area contributed by atoms with E-state index in [1.165, 1.54) is 18.7 Å². The van der Waals surface area contributed by atoms with Gasteiger partial charge in [0.05, 0.1) is 0 Å². The lowest BCUT2D eigenvalue weighted by Gasteiger charge is -2.21. The molecule has 0 bridgehead atoms. The number of aromatic nitrogens is 2. The summed E-state index contributed by atoms with van der Waals surface area (Å²) in [6, 6.07) is 2.10. The molecule has 4 heteroatoms. The summed E-state index contributed by atoms with van der Waals surface area (Å²) in [5.74, 6) is 0. The van der Waals surface area contributed by atoms with Crippen LogP contribution < -0.4 is 5.32 Å². The van der Waals surface area contributed by atoms with Crippen molar-refractivity contribution in [1.29, 1.82) is 0 Å². The second kappa shape index (κ2) is 7.41. The molecule has 0 aliphatic carbocycles. The second-order valence-electron chi connectivity index (χ2n) is 4.14. The normalized spacial score (nSPS) is 11.2. The van der Waals surface area contributed by atoms with Crippen LogP contribution in [-0.2, 0) is 13.5 Å². The van der Waals surface area contributed by atoms with E-state index in [1.54, 1.807) is 0 Å². The van der Waals surface area contributed by atoms with Gasteiger partial charge < -0.3 is 10.2 Å². The molecular formula is C12H24N4. The van der Waals surface area contributed by atoms with E-state index in [0.29, 0.717) is 0 Å². The highest BCUT2D eigenvalue weighted by Crippen LogP contribution is 2.00. The zero-order chi connectivity index (χ0) is 11.8. The maximum absolute atomic E-state index is 4.19. The lowest BCUT2D eigenvalue weighted by molar-refractivity contribution is 0.277. The van der Waals surface area contributed by atoms with Crippen LogP contribution in [0.4, 0.5) is 0 Å². The average Bonchev–Trinajstić information content (AvgIpc) is 2.68. The molecule has 0 fully saturated rings. The van der Waals surface area contributed by atoms with Crippen molar-refractivity contribution in [3.63, 3.8) is 0 Å². The second-order valence-corrected chi connectivity index (χ2v) is 4.14. The largest absolute Gasteiger partial charge is 0.318 e. The number of aryl methyl sites for hydroxylation is 1.